The predicted molar refractivity (Wildman–Crippen MR) is 88.1 cm³/mol. The van der Waals surface area contributed by atoms with Crippen molar-refractivity contribution >= 4 is 23.6 Å². The highest BCUT2D eigenvalue weighted by Gasteiger charge is 2.49. The number of carbonyl (C=O) groups is 4. The average Bonchev–Trinajstić information content (AvgIpc) is 3.01. The molecule has 2 aliphatic heterocycles. The largest absolute Gasteiger partial charge is 0.480 e. The third-order valence-electron chi connectivity index (χ3n) is 5.03. The van der Waals surface area contributed by atoms with Gasteiger partial charge in [0.25, 0.3) is 11.8 Å². The molecule has 25 heavy (non-hydrogen) atoms. The predicted octanol–water partition coefficient (Wildman–Crippen LogP) is 0.941. The van der Waals surface area contributed by atoms with E-state index in [-0.39, 0.29) is 18.7 Å². The maximum Gasteiger partial charge on any atom is 0.321 e. The van der Waals surface area contributed by atoms with Gasteiger partial charge in [-0.15, -0.1) is 0 Å². The number of benzene rings is 1. The molecule has 1 aromatic rings. The molecule has 0 saturated carbocycles. The van der Waals surface area contributed by atoms with Crippen molar-refractivity contribution in [3.63, 3.8) is 0 Å². The SMILES string of the molecule is CC1(C)CNC(C(=O)O)C1C(=O)CCN1C(=O)c2ccccc2C1=O. The maximum atomic E-state index is 12.7. The molecule has 0 spiro atoms. The number of Topliss-reactive ketones (excluding diaryl/α,β-unsaturated/α-hetero) is 1. The summed E-state index contributed by atoms with van der Waals surface area (Å²) < 4.78 is 0. The lowest BCUT2D eigenvalue weighted by molar-refractivity contribution is -0.143. The number of imide groups is 1. The van der Waals surface area contributed by atoms with E-state index in [1.807, 2.05) is 13.8 Å². The molecule has 3 rings (SSSR count). The van der Waals surface area contributed by atoms with Gasteiger partial charge >= 0.3 is 5.97 Å². The van der Waals surface area contributed by atoms with E-state index < -0.39 is 35.2 Å². The van der Waals surface area contributed by atoms with E-state index in [9.17, 15) is 24.3 Å². The minimum atomic E-state index is -1.07. The molecule has 0 bridgehead atoms. The number of hydrogen-bond donors (Lipinski definition) is 2. The number of aliphatic carboxylic acids is 1. The van der Waals surface area contributed by atoms with E-state index in [4.69, 9.17) is 0 Å². The Morgan fingerprint density at radius 3 is 2.28 bits per heavy atom. The van der Waals surface area contributed by atoms with Gasteiger partial charge in [0.05, 0.1) is 17.0 Å². The van der Waals surface area contributed by atoms with Crippen LogP contribution in [0, 0.1) is 11.3 Å². The molecule has 7 nitrogen and oxygen atoms in total. The lowest BCUT2D eigenvalue weighted by Gasteiger charge is -2.27. The number of rotatable bonds is 5. The van der Waals surface area contributed by atoms with Crippen molar-refractivity contribution in [1.82, 2.24) is 10.2 Å². The van der Waals surface area contributed by atoms with E-state index in [0.717, 1.165) is 4.90 Å². The molecule has 2 unspecified atom stereocenters. The molecule has 7 heteroatoms. The fourth-order valence-electron chi connectivity index (χ4n) is 3.72. The van der Waals surface area contributed by atoms with E-state index in [0.29, 0.717) is 17.7 Å². The molecule has 2 atom stereocenters. The van der Waals surface area contributed by atoms with Crippen LogP contribution in [0.3, 0.4) is 0 Å². The second kappa shape index (κ2) is 6.07. The third-order valence-corrected chi connectivity index (χ3v) is 5.03. The minimum Gasteiger partial charge on any atom is -0.480 e. The summed E-state index contributed by atoms with van der Waals surface area (Å²) in [7, 11) is 0. The van der Waals surface area contributed by atoms with Crippen molar-refractivity contribution in [1.29, 1.82) is 0 Å². The van der Waals surface area contributed by atoms with E-state index in [1.54, 1.807) is 24.3 Å². The number of nitrogens with zero attached hydrogens (tertiary/aromatic N) is 1. The molecule has 2 heterocycles. The summed E-state index contributed by atoms with van der Waals surface area (Å²) in [6.07, 6.45) is -0.0506. The fraction of sp³-hybridized carbons (Fsp3) is 0.444. The van der Waals surface area contributed by atoms with Gasteiger partial charge in [-0.05, 0) is 17.5 Å². The number of hydrogen-bond acceptors (Lipinski definition) is 5. The van der Waals surface area contributed by atoms with E-state index >= 15 is 0 Å². The van der Waals surface area contributed by atoms with Crippen molar-refractivity contribution in [3.8, 4) is 0 Å². The van der Waals surface area contributed by atoms with Gasteiger partial charge in [-0.3, -0.25) is 24.1 Å². The highest BCUT2D eigenvalue weighted by molar-refractivity contribution is 6.21. The second-order valence-corrected chi connectivity index (χ2v) is 7.19. The zero-order valence-electron chi connectivity index (χ0n) is 14.1. The van der Waals surface area contributed by atoms with Crippen molar-refractivity contribution < 1.29 is 24.3 Å². The molecule has 132 valence electrons. The van der Waals surface area contributed by atoms with Crippen molar-refractivity contribution in [2.45, 2.75) is 26.3 Å². The Balaban J connectivity index is 1.72. The Kier molecular flexibility index (Phi) is 4.20. The number of carboxylic acid groups (broad SMARTS) is 1. The number of nitrogens with one attached hydrogen (secondary N) is 1. The van der Waals surface area contributed by atoms with Gasteiger partial charge in [-0.2, -0.15) is 0 Å². The van der Waals surface area contributed by atoms with Gasteiger partial charge in [0.15, 0.2) is 0 Å². The van der Waals surface area contributed by atoms with E-state index in [1.165, 1.54) is 0 Å². The monoisotopic (exact) mass is 344 g/mol. The standard InChI is InChI=1S/C18H20N2O5/c1-18(2)9-19-14(17(24)25)13(18)12(21)7-8-20-15(22)10-5-3-4-6-11(10)16(20)23/h3-6,13-14,19H,7-9H2,1-2H3,(H,24,25). The first kappa shape index (κ1) is 17.3. The summed E-state index contributed by atoms with van der Waals surface area (Å²) in [6, 6.07) is 5.60. The molecule has 2 N–H and O–H groups in total. The van der Waals surface area contributed by atoms with Crippen LogP contribution in [-0.2, 0) is 9.59 Å². The Labute approximate surface area is 145 Å². The van der Waals surface area contributed by atoms with Gasteiger partial charge in [0.2, 0.25) is 0 Å². The first-order valence-electron chi connectivity index (χ1n) is 8.18. The molecule has 1 fully saturated rings. The van der Waals surface area contributed by atoms with Crippen LogP contribution >= 0.6 is 0 Å². The molecule has 2 amide bonds. The number of carbonyl (C=O) groups excluding carboxylic acids is 3. The molecule has 2 aliphatic rings. The van der Waals surface area contributed by atoms with Crippen LogP contribution in [0.4, 0.5) is 0 Å². The molecule has 0 aromatic heterocycles. The second-order valence-electron chi connectivity index (χ2n) is 7.19. The van der Waals surface area contributed by atoms with E-state index in [2.05, 4.69) is 5.32 Å². The topological polar surface area (TPSA) is 104 Å². The van der Waals surface area contributed by atoms with Crippen LogP contribution in [0.25, 0.3) is 0 Å². The van der Waals surface area contributed by atoms with Gasteiger partial charge in [-0.1, -0.05) is 26.0 Å². The number of ketones is 1. The summed E-state index contributed by atoms with van der Waals surface area (Å²) in [5.41, 5.74) is 0.180. The maximum absolute atomic E-state index is 12.7. The molecular formula is C18H20N2O5. The molecule has 0 aliphatic carbocycles. The molecular weight excluding hydrogens is 324 g/mol. The smallest absolute Gasteiger partial charge is 0.321 e. The molecule has 1 aromatic carbocycles. The average molecular weight is 344 g/mol. The van der Waals surface area contributed by atoms with Crippen LogP contribution in [0.1, 0.15) is 41.0 Å². The Morgan fingerprint density at radius 1 is 1.20 bits per heavy atom. The number of carboxylic acids is 1. The zero-order valence-corrected chi connectivity index (χ0v) is 14.1. The number of amides is 2. The Morgan fingerprint density at radius 2 is 1.76 bits per heavy atom. The summed E-state index contributed by atoms with van der Waals surface area (Å²) in [5, 5.41) is 12.2. The normalized spacial score (nSPS) is 24.5. The van der Waals surface area contributed by atoms with Crippen molar-refractivity contribution in [2.75, 3.05) is 13.1 Å². The summed E-state index contributed by atoms with van der Waals surface area (Å²) in [4.78, 5) is 49.8. The Hall–Kier alpha value is -2.54. The van der Waals surface area contributed by atoms with Crippen LogP contribution in [0.2, 0.25) is 0 Å². The quantitative estimate of drug-likeness (QED) is 0.771. The zero-order chi connectivity index (χ0) is 18.4. The van der Waals surface area contributed by atoms with Crippen molar-refractivity contribution in [2.24, 2.45) is 11.3 Å². The van der Waals surface area contributed by atoms with Crippen LogP contribution < -0.4 is 5.32 Å². The molecule has 0 radical (unpaired) electrons. The van der Waals surface area contributed by atoms with Crippen LogP contribution in [-0.4, -0.2) is 52.7 Å². The first-order valence-corrected chi connectivity index (χ1v) is 8.18. The van der Waals surface area contributed by atoms with Gasteiger partial charge in [0.1, 0.15) is 11.8 Å². The minimum absolute atomic E-state index is 0.0376. The van der Waals surface area contributed by atoms with Gasteiger partial charge < -0.3 is 10.4 Å². The number of fused-ring (bicyclic) bond motifs is 1. The summed E-state index contributed by atoms with van der Waals surface area (Å²) in [5.74, 6) is -2.83. The highest BCUT2D eigenvalue weighted by Crippen LogP contribution is 2.36. The van der Waals surface area contributed by atoms with Crippen molar-refractivity contribution in [3.05, 3.63) is 35.4 Å². The summed E-state index contributed by atoms with van der Waals surface area (Å²) >= 11 is 0. The third kappa shape index (κ3) is 2.84. The van der Waals surface area contributed by atoms with Gasteiger partial charge in [-0.25, -0.2) is 0 Å². The lowest BCUT2D eigenvalue weighted by atomic mass is 9.75. The van der Waals surface area contributed by atoms with Crippen LogP contribution in [0.15, 0.2) is 24.3 Å². The lowest BCUT2D eigenvalue weighted by Crippen LogP contribution is -2.42. The summed E-state index contributed by atoms with van der Waals surface area (Å²) in [6.45, 7) is 4.07. The van der Waals surface area contributed by atoms with Gasteiger partial charge in [0, 0.05) is 19.5 Å². The molecule has 1 saturated heterocycles. The highest BCUT2D eigenvalue weighted by atomic mass is 16.4. The Bertz CT molecular complexity index is 735. The first-order chi connectivity index (χ1) is 11.7. The fourth-order valence-corrected chi connectivity index (χ4v) is 3.72. The van der Waals surface area contributed by atoms with Crippen LogP contribution in [0.5, 0.6) is 0 Å².